The molecule has 3 rings (SSSR count). The van der Waals surface area contributed by atoms with E-state index in [0.717, 1.165) is 57.8 Å². The predicted octanol–water partition coefficient (Wildman–Crippen LogP) is 4.66. The Morgan fingerprint density at radius 1 is 1.17 bits per heavy atom. The fourth-order valence-corrected chi connectivity index (χ4v) is 4.84. The third kappa shape index (κ3) is 5.32. The van der Waals surface area contributed by atoms with Gasteiger partial charge in [-0.2, -0.15) is 0 Å². The maximum absolute atomic E-state index is 12.9. The number of thiophene rings is 1. The number of amides is 1. The molecule has 134 valence electrons. The number of nitrogens with zero attached hydrogens (tertiary/aromatic N) is 1. The normalized spacial score (nSPS) is 20.2. The molecule has 4 heteroatoms. The van der Waals surface area contributed by atoms with Crippen LogP contribution in [0.4, 0.5) is 0 Å². The van der Waals surface area contributed by atoms with Gasteiger partial charge in [0.15, 0.2) is 0 Å². The first-order valence-electron chi connectivity index (χ1n) is 9.72. The molecule has 0 aromatic carbocycles. The summed E-state index contributed by atoms with van der Waals surface area (Å²) >= 11 is 1.80. The minimum Gasteiger partial charge on any atom is -0.381 e. The summed E-state index contributed by atoms with van der Waals surface area (Å²) in [5.41, 5.74) is 0. The van der Waals surface area contributed by atoms with Crippen LogP contribution in [0.15, 0.2) is 17.5 Å². The molecule has 1 saturated carbocycles. The lowest BCUT2D eigenvalue weighted by atomic mass is 9.86. The average Bonchev–Trinajstić information content (AvgIpc) is 3.15. The van der Waals surface area contributed by atoms with E-state index in [-0.39, 0.29) is 0 Å². The molecular weight excluding hydrogens is 318 g/mol. The Bertz CT molecular complexity index is 476. The molecule has 1 amide bonds. The van der Waals surface area contributed by atoms with Crippen LogP contribution >= 0.6 is 11.3 Å². The van der Waals surface area contributed by atoms with Crippen molar-refractivity contribution in [3.63, 3.8) is 0 Å². The van der Waals surface area contributed by atoms with Gasteiger partial charge in [-0.15, -0.1) is 11.3 Å². The third-order valence-corrected chi connectivity index (χ3v) is 6.56. The van der Waals surface area contributed by atoms with Crippen molar-refractivity contribution in [3.8, 4) is 0 Å². The van der Waals surface area contributed by atoms with E-state index in [2.05, 4.69) is 22.4 Å². The number of hydrogen-bond acceptors (Lipinski definition) is 3. The molecule has 0 spiro atoms. The van der Waals surface area contributed by atoms with E-state index in [0.29, 0.717) is 11.9 Å². The Hall–Kier alpha value is -0.870. The van der Waals surface area contributed by atoms with Crippen LogP contribution in [-0.4, -0.2) is 36.6 Å². The zero-order chi connectivity index (χ0) is 16.6. The number of carbonyl (C=O) groups excluding carboxylic acids is 1. The molecule has 2 heterocycles. The highest BCUT2D eigenvalue weighted by atomic mass is 32.1. The molecule has 0 atom stereocenters. The van der Waals surface area contributed by atoms with Gasteiger partial charge in [-0.3, -0.25) is 4.79 Å². The first-order chi connectivity index (χ1) is 11.8. The second kappa shape index (κ2) is 9.57. The van der Waals surface area contributed by atoms with Crippen LogP contribution in [0.2, 0.25) is 0 Å². The monoisotopic (exact) mass is 349 g/mol. The molecule has 1 aliphatic heterocycles. The lowest BCUT2D eigenvalue weighted by Gasteiger charge is -2.35. The van der Waals surface area contributed by atoms with Gasteiger partial charge in [0.2, 0.25) is 5.91 Å². The minimum atomic E-state index is 0.379. The van der Waals surface area contributed by atoms with Gasteiger partial charge in [0, 0.05) is 37.1 Å². The Morgan fingerprint density at radius 3 is 2.67 bits per heavy atom. The standard InChI is InChI=1S/C20H31NO2S/c22-20(9-8-17-5-2-1-3-6-17)21(18-11-14-23-15-12-18)13-10-19-7-4-16-24-19/h4,7,16-18H,1-3,5-6,8-15H2. The van der Waals surface area contributed by atoms with Gasteiger partial charge in [-0.1, -0.05) is 38.2 Å². The second-order valence-electron chi connectivity index (χ2n) is 7.30. The zero-order valence-electron chi connectivity index (χ0n) is 14.8. The Morgan fingerprint density at radius 2 is 1.96 bits per heavy atom. The van der Waals surface area contributed by atoms with Crippen molar-refractivity contribution in [3.05, 3.63) is 22.4 Å². The summed E-state index contributed by atoms with van der Waals surface area (Å²) in [6.45, 7) is 2.47. The molecule has 1 aromatic rings. The smallest absolute Gasteiger partial charge is 0.222 e. The van der Waals surface area contributed by atoms with Crippen LogP contribution in [0.25, 0.3) is 0 Å². The summed E-state index contributed by atoms with van der Waals surface area (Å²) in [6.07, 6.45) is 11.6. The fourth-order valence-electron chi connectivity index (χ4n) is 4.14. The Balaban J connectivity index is 1.53. The van der Waals surface area contributed by atoms with Crippen molar-refractivity contribution >= 4 is 17.2 Å². The zero-order valence-corrected chi connectivity index (χ0v) is 15.6. The summed E-state index contributed by atoms with van der Waals surface area (Å²) in [6, 6.07) is 4.67. The summed E-state index contributed by atoms with van der Waals surface area (Å²) in [4.78, 5) is 16.5. The topological polar surface area (TPSA) is 29.5 Å². The van der Waals surface area contributed by atoms with E-state index in [1.807, 2.05) is 0 Å². The van der Waals surface area contributed by atoms with E-state index in [1.54, 1.807) is 11.3 Å². The fraction of sp³-hybridized carbons (Fsp3) is 0.750. The van der Waals surface area contributed by atoms with Crippen LogP contribution in [0.5, 0.6) is 0 Å². The number of hydrogen-bond donors (Lipinski definition) is 0. The largest absolute Gasteiger partial charge is 0.381 e. The van der Waals surface area contributed by atoms with Crippen molar-refractivity contribution in [1.82, 2.24) is 4.90 Å². The summed E-state index contributed by atoms with van der Waals surface area (Å²) < 4.78 is 5.50. The van der Waals surface area contributed by atoms with Gasteiger partial charge >= 0.3 is 0 Å². The highest BCUT2D eigenvalue weighted by Crippen LogP contribution is 2.28. The highest BCUT2D eigenvalue weighted by molar-refractivity contribution is 7.09. The van der Waals surface area contributed by atoms with Crippen molar-refractivity contribution in [2.75, 3.05) is 19.8 Å². The maximum atomic E-state index is 12.9. The first kappa shape index (κ1) is 17.9. The summed E-state index contributed by atoms with van der Waals surface area (Å²) in [5, 5.41) is 2.12. The number of ether oxygens (including phenoxy) is 1. The van der Waals surface area contributed by atoms with E-state index in [1.165, 1.54) is 37.0 Å². The van der Waals surface area contributed by atoms with Crippen LogP contribution in [0, 0.1) is 5.92 Å². The summed E-state index contributed by atoms with van der Waals surface area (Å²) in [7, 11) is 0. The van der Waals surface area contributed by atoms with Gasteiger partial charge in [-0.25, -0.2) is 0 Å². The van der Waals surface area contributed by atoms with Gasteiger partial charge < -0.3 is 9.64 Å². The molecule has 3 nitrogen and oxygen atoms in total. The predicted molar refractivity (Wildman–Crippen MR) is 99.4 cm³/mol. The van der Waals surface area contributed by atoms with Crippen molar-refractivity contribution in [2.24, 2.45) is 5.92 Å². The van der Waals surface area contributed by atoms with Crippen LogP contribution in [-0.2, 0) is 16.0 Å². The molecular formula is C20H31NO2S. The second-order valence-corrected chi connectivity index (χ2v) is 8.33. The SMILES string of the molecule is O=C(CCC1CCCCC1)N(CCc1cccs1)C1CCOCC1. The Kier molecular flexibility index (Phi) is 7.15. The van der Waals surface area contributed by atoms with E-state index >= 15 is 0 Å². The van der Waals surface area contributed by atoms with Gasteiger partial charge in [0.25, 0.3) is 0 Å². The Labute approximate surface area is 150 Å². The van der Waals surface area contributed by atoms with Gasteiger partial charge in [-0.05, 0) is 43.0 Å². The van der Waals surface area contributed by atoms with Crippen molar-refractivity contribution in [1.29, 1.82) is 0 Å². The quantitative estimate of drug-likeness (QED) is 0.716. The lowest BCUT2D eigenvalue weighted by molar-refractivity contribution is -0.135. The number of rotatable bonds is 7. The first-order valence-corrected chi connectivity index (χ1v) is 10.6. The lowest BCUT2D eigenvalue weighted by Crippen LogP contribution is -2.44. The highest BCUT2D eigenvalue weighted by Gasteiger charge is 2.26. The van der Waals surface area contributed by atoms with Crippen molar-refractivity contribution < 1.29 is 9.53 Å². The molecule has 0 bridgehead atoms. The van der Waals surface area contributed by atoms with Crippen LogP contribution in [0.3, 0.4) is 0 Å². The molecule has 1 aliphatic carbocycles. The average molecular weight is 350 g/mol. The van der Waals surface area contributed by atoms with E-state index in [4.69, 9.17) is 4.74 Å². The van der Waals surface area contributed by atoms with Crippen molar-refractivity contribution in [2.45, 2.75) is 70.3 Å². The van der Waals surface area contributed by atoms with E-state index in [9.17, 15) is 4.79 Å². The molecule has 0 N–H and O–H groups in total. The van der Waals surface area contributed by atoms with Crippen LogP contribution < -0.4 is 0 Å². The minimum absolute atomic E-state index is 0.379. The molecule has 0 unspecified atom stereocenters. The maximum Gasteiger partial charge on any atom is 0.222 e. The van der Waals surface area contributed by atoms with Gasteiger partial charge in [0.1, 0.15) is 0 Å². The third-order valence-electron chi connectivity index (χ3n) is 5.62. The molecule has 1 saturated heterocycles. The molecule has 24 heavy (non-hydrogen) atoms. The van der Waals surface area contributed by atoms with E-state index < -0.39 is 0 Å². The molecule has 2 fully saturated rings. The molecule has 0 radical (unpaired) electrons. The molecule has 1 aromatic heterocycles. The number of carbonyl (C=O) groups is 1. The molecule has 2 aliphatic rings. The summed E-state index contributed by atoms with van der Waals surface area (Å²) in [5.74, 6) is 1.17. The van der Waals surface area contributed by atoms with Crippen LogP contribution in [0.1, 0.15) is 62.7 Å². The van der Waals surface area contributed by atoms with Gasteiger partial charge in [0.05, 0.1) is 0 Å².